The minimum absolute atomic E-state index is 0.279. The summed E-state index contributed by atoms with van der Waals surface area (Å²) in [4.78, 5) is 14.6. The van der Waals surface area contributed by atoms with Crippen LogP contribution < -0.4 is 0 Å². The highest BCUT2D eigenvalue weighted by molar-refractivity contribution is 5.58. The molecule has 0 spiro atoms. The van der Waals surface area contributed by atoms with Crippen LogP contribution in [0.15, 0.2) is 61.2 Å². The van der Waals surface area contributed by atoms with Crippen LogP contribution in [-0.2, 0) is 6.42 Å². The highest BCUT2D eigenvalue weighted by Gasteiger charge is 2.37. The van der Waals surface area contributed by atoms with Gasteiger partial charge in [0.15, 0.2) is 0 Å². The van der Waals surface area contributed by atoms with E-state index in [1.165, 1.54) is 18.5 Å². The molecule has 1 unspecified atom stereocenters. The lowest BCUT2D eigenvalue weighted by atomic mass is 9.75. The Bertz CT molecular complexity index is 1030. The number of pyridine rings is 1. The Hall–Kier alpha value is -3.21. The average Bonchev–Trinajstić information content (AvgIpc) is 2.81. The van der Waals surface area contributed by atoms with E-state index in [2.05, 4.69) is 21.0 Å². The Labute approximate surface area is 174 Å². The highest BCUT2D eigenvalue weighted by atomic mass is 19.1. The third-order valence-electron chi connectivity index (χ3n) is 5.74. The molecule has 0 bridgehead atoms. The molecule has 0 amide bonds. The van der Waals surface area contributed by atoms with Crippen molar-refractivity contribution in [3.05, 3.63) is 78.1 Å². The Morgan fingerprint density at radius 2 is 1.87 bits per heavy atom. The number of aliphatic hydroxyl groups is 1. The van der Waals surface area contributed by atoms with Crippen molar-refractivity contribution in [1.29, 1.82) is 5.26 Å². The molecule has 3 heterocycles. The lowest BCUT2D eigenvalue weighted by Crippen LogP contribution is -2.42. The molecule has 152 valence electrons. The van der Waals surface area contributed by atoms with E-state index in [1.54, 1.807) is 36.7 Å². The molecule has 6 nitrogen and oxygen atoms in total. The van der Waals surface area contributed by atoms with Crippen LogP contribution in [-0.4, -0.2) is 38.0 Å². The van der Waals surface area contributed by atoms with Crippen molar-refractivity contribution in [2.75, 3.05) is 13.1 Å². The van der Waals surface area contributed by atoms with E-state index in [0.29, 0.717) is 49.3 Å². The number of aromatic nitrogens is 3. The first-order valence-corrected chi connectivity index (χ1v) is 9.89. The smallest absolute Gasteiger partial charge is 0.135 e. The van der Waals surface area contributed by atoms with Crippen molar-refractivity contribution >= 4 is 0 Å². The van der Waals surface area contributed by atoms with E-state index in [9.17, 15) is 14.8 Å². The zero-order valence-electron chi connectivity index (χ0n) is 16.4. The van der Waals surface area contributed by atoms with Crippen LogP contribution in [0.5, 0.6) is 0 Å². The molecule has 3 aromatic rings. The number of nitrogens with zero attached hydrogens (tertiary/aromatic N) is 5. The number of nitriles is 1. The van der Waals surface area contributed by atoms with Crippen molar-refractivity contribution < 1.29 is 9.50 Å². The number of aliphatic hydroxyl groups excluding tert-OH is 1. The minimum atomic E-state index is -0.842. The maximum absolute atomic E-state index is 13.2. The number of likely N-dealkylation sites (tertiary alicyclic amines) is 1. The molecule has 2 aromatic heterocycles. The Kier molecular flexibility index (Phi) is 5.79. The molecule has 1 fully saturated rings. The topological polar surface area (TPSA) is 85.9 Å². The molecule has 1 saturated heterocycles. The maximum Gasteiger partial charge on any atom is 0.135 e. The molecule has 4 rings (SSSR count). The molecule has 1 atom stereocenters. The minimum Gasteiger partial charge on any atom is -0.374 e. The maximum atomic E-state index is 13.2. The molecule has 1 aromatic carbocycles. The second-order valence-electron chi connectivity index (χ2n) is 7.64. The largest absolute Gasteiger partial charge is 0.374 e. The average molecular weight is 403 g/mol. The van der Waals surface area contributed by atoms with E-state index in [0.717, 1.165) is 5.56 Å². The normalized spacial score (nSPS) is 17.2. The zero-order chi connectivity index (χ0) is 21.0. The molecule has 1 aliphatic heterocycles. The fraction of sp³-hybridized carbons (Fsp3) is 0.304. The number of piperidine rings is 1. The standard InChI is InChI=1S/C23H22FN5O/c24-18-5-3-17(4-6-18)14-23(15-25)8-12-29(13-9-23)22(30)19-2-1-10-27-21(19)20-7-11-26-16-28-20/h1-7,10-11,16,22,30H,8-9,12-14H2. The first-order chi connectivity index (χ1) is 14.6. The van der Waals surface area contributed by atoms with Crippen LogP contribution in [0.2, 0.25) is 0 Å². The summed E-state index contributed by atoms with van der Waals surface area (Å²) in [5, 5.41) is 20.9. The van der Waals surface area contributed by atoms with Crippen molar-refractivity contribution in [2.45, 2.75) is 25.5 Å². The molecule has 1 N–H and O–H groups in total. The van der Waals surface area contributed by atoms with Crippen LogP contribution in [0.25, 0.3) is 11.4 Å². The van der Waals surface area contributed by atoms with Gasteiger partial charge in [-0.1, -0.05) is 18.2 Å². The number of hydrogen-bond acceptors (Lipinski definition) is 6. The lowest BCUT2D eigenvalue weighted by molar-refractivity contribution is -0.0273. The van der Waals surface area contributed by atoms with Crippen molar-refractivity contribution in [3.8, 4) is 17.5 Å². The van der Waals surface area contributed by atoms with Gasteiger partial charge >= 0.3 is 0 Å². The third-order valence-corrected chi connectivity index (χ3v) is 5.74. The van der Waals surface area contributed by atoms with Gasteiger partial charge in [-0.05, 0) is 49.1 Å². The number of halogens is 1. The van der Waals surface area contributed by atoms with Crippen LogP contribution in [0, 0.1) is 22.6 Å². The molecule has 0 saturated carbocycles. The van der Waals surface area contributed by atoms with E-state index >= 15 is 0 Å². The summed E-state index contributed by atoms with van der Waals surface area (Å²) in [5.41, 5.74) is 2.39. The molecule has 0 aliphatic carbocycles. The summed E-state index contributed by atoms with van der Waals surface area (Å²) in [6.45, 7) is 1.15. The van der Waals surface area contributed by atoms with Gasteiger partial charge in [0, 0.05) is 31.0 Å². The second kappa shape index (κ2) is 8.66. The van der Waals surface area contributed by atoms with E-state index in [1.807, 2.05) is 11.0 Å². The third kappa shape index (κ3) is 4.20. The fourth-order valence-electron chi connectivity index (χ4n) is 3.99. The predicted octanol–water partition coefficient (Wildman–Crippen LogP) is 3.52. The van der Waals surface area contributed by atoms with Gasteiger partial charge in [-0.3, -0.25) is 9.88 Å². The Balaban J connectivity index is 1.49. The summed E-state index contributed by atoms with van der Waals surface area (Å²) < 4.78 is 13.2. The quantitative estimate of drug-likeness (QED) is 0.702. The summed E-state index contributed by atoms with van der Waals surface area (Å²) >= 11 is 0. The van der Waals surface area contributed by atoms with Crippen molar-refractivity contribution in [2.24, 2.45) is 5.41 Å². The van der Waals surface area contributed by atoms with Gasteiger partial charge in [0.1, 0.15) is 18.4 Å². The van der Waals surface area contributed by atoms with Gasteiger partial charge in [-0.2, -0.15) is 5.26 Å². The van der Waals surface area contributed by atoms with Gasteiger partial charge in [0.25, 0.3) is 0 Å². The van der Waals surface area contributed by atoms with Gasteiger partial charge < -0.3 is 5.11 Å². The molecular formula is C23H22FN5O. The second-order valence-corrected chi connectivity index (χ2v) is 7.64. The number of rotatable bonds is 5. The Morgan fingerprint density at radius 1 is 1.10 bits per heavy atom. The van der Waals surface area contributed by atoms with Gasteiger partial charge in [-0.15, -0.1) is 0 Å². The zero-order valence-corrected chi connectivity index (χ0v) is 16.4. The summed E-state index contributed by atoms with van der Waals surface area (Å²) in [7, 11) is 0. The van der Waals surface area contributed by atoms with Crippen molar-refractivity contribution in [1.82, 2.24) is 19.9 Å². The van der Waals surface area contributed by atoms with Crippen molar-refractivity contribution in [3.63, 3.8) is 0 Å². The van der Waals surface area contributed by atoms with Crippen LogP contribution in [0.1, 0.15) is 30.2 Å². The lowest BCUT2D eigenvalue weighted by Gasteiger charge is -2.39. The molecule has 0 radical (unpaired) electrons. The first-order valence-electron chi connectivity index (χ1n) is 9.89. The van der Waals surface area contributed by atoms with Crippen LogP contribution >= 0.6 is 0 Å². The van der Waals surface area contributed by atoms with Gasteiger partial charge in [0.2, 0.25) is 0 Å². The van der Waals surface area contributed by atoms with Gasteiger partial charge in [-0.25, -0.2) is 14.4 Å². The van der Waals surface area contributed by atoms with E-state index < -0.39 is 11.6 Å². The summed E-state index contributed by atoms with van der Waals surface area (Å²) in [5.74, 6) is -0.279. The summed E-state index contributed by atoms with van der Waals surface area (Å²) in [6.07, 6.45) is 5.76. The Morgan fingerprint density at radius 3 is 2.53 bits per heavy atom. The molecule has 1 aliphatic rings. The monoisotopic (exact) mass is 403 g/mol. The van der Waals surface area contributed by atoms with Crippen LogP contribution in [0.4, 0.5) is 4.39 Å². The van der Waals surface area contributed by atoms with E-state index in [-0.39, 0.29) is 5.82 Å². The molecule has 7 heteroatoms. The SMILES string of the molecule is N#CC1(Cc2ccc(F)cc2)CCN(C(O)c2cccnc2-c2ccncn2)CC1. The summed E-state index contributed by atoms with van der Waals surface area (Å²) in [6, 6.07) is 14.2. The van der Waals surface area contributed by atoms with Gasteiger partial charge in [0.05, 0.1) is 22.9 Å². The fourth-order valence-corrected chi connectivity index (χ4v) is 3.99. The highest BCUT2D eigenvalue weighted by Crippen LogP contribution is 2.37. The van der Waals surface area contributed by atoms with E-state index in [4.69, 9.17) is 0 Å². The van der Waals surface area contributed by atoms with Crippen LogP contribution in [0.3, 0.4) is 0 Å². The number of benzene rings is 1. The first kappa shape index (κ1) is 20.1. The number of hydrogen-bond donors (Lipinski definition) is 1. The molecule has 30 heavy (non-hydrogen) atoms. The predicted molar refractivity (Wildman–Crippen MR) is 109 cm³/mol. The molecular weight excluding hydrogens is 381 g/mol.